The van der Waals surface area contributed by atoms with Crippen molar-refractivity contribution in [3.63, 3.8) is 0 Å². The van der Waals surface area contributed by atoms with Gasteiger partial charge >= 0.3 is 0 Å². The maximum Gasteiger partial charge on any atom is 0.251 e. The van der Waals surface area contributed by atoms with E-state index < -0.39 is 0 Å². The molecule has 6 heteroatoms. The number of hydrogen-bond donors (Lipinski definition) is 2. The van der Waals surface area contributed by atoms with Gasteiger partial charge in [0, 0.05) is 28.9 Å². The second kappa shape index (κ2) is 5.32. The number of nitrogens with two attached hydrogens (primary N) is 1. The number of aromatic nitrogens is 3. The maximum absolute atomic E-state index is 11.3. The molecular weight excluding hydrogens is 248 g/mol. The predicted octanol–water partition coefficient (Wildman–Crippen LogP) is 1.64. The highest BCUT2D eigenvalue weighted by Gasteiger charge is 2.04. The first-order chi connectivity index (χ1) is 8.54. The fraction of sp³-hybridized carbons (Fsp3) is 0.250. The summed E-state index contributed by atoms with van der Waals surface area (Å²) in [6.45, 7) is 3.67. The number of rotatable bonds is 3. The zero-order chi connectivity index (χ0) is 13.1. The molecule has 94 valence electrons. The second-order valence-electron chi connectivity index (χ2n) is 4.00. The normalized spacial score (nSPS) is 12.4. The molecule has 0 bridgehead atoms. The molecule has 18 heavy (non-hydrogen) atoms. The van der Waals surface area contributed by atoms with Gasteiger partial charge < -0.3 is 10.7 Å². The molecule has 2 heterocycles. The van der Waals surface area contributed by atoms with Crippen LogP contribution in [0.3, 0.4) is 0 Å². The van der Waals surface area contributed by atoms with Crippen molar-refractivity contribution in [2.75, 3.05) is 0 Å². The third-order valence-corrected chi connectivity index (χ3v) is 3.15. The van der Waals surface area contributed by atoms with Gasteiger partial charge in [0.2, 0.25) is 0 Å². The Morgan fingerprint density at radius 2 is 2.22 bits per heavy atom. The summed E-state index contributed by atoms with van der Waals surface area (Å²) in [6.07, 6.45) is 1.73. The molecule has 0 saturated heterocycles. The lowest BCUT2D eigenvalue weighted by atomic mass is 10.2. The van der Waals surface area contributed by atoms with Gasteiger partial charge in [0.1, 0.15) is 0 Å². The third kappa shape index (κ3) is 3.18. The van der Waals surface area contributed by atoms with Crippen molar-refractivity contribution in [1.29, 1.82) is 0 Å². The van der Waals surface area contributed by atoms with Gasteiger partial charge in [-0.15, -0.1) is 0 Å². The summed E-state index contributed by atoms with van der Waals surface area (Å²) >= 11 is 1.37. The van der Waals surface area contributed by atoms with Crippen molar-refractivity contribution in [3.05, 3.63) is 46.1 Å². The molecule has 2 aromatic rings. The van der Waals surface area contributed by atoms with Crippen molar-refractivity contribution in [2.24, 2.45) is 5.73 Å². The lowest BCUT2D eigenvalue weighted by Crippen LogP contribution is -2.08. The molecule has 0 aromatic carbocycles. The van der Waals surface area contributed by atoms with Gasteiger partial charge in [0.25, 0.3) is 5.56 Å². The SMILES string of the molecule is Cc1cc(=O)[nH]c(Sc2ccc([C@H](C)N)nc2)n1. The van der Waals surface area contributed by atoms with E-state index in [4.69, 9.17) is 5.73 Å². The molecule has 0 aliphatic heterocycles. The van der Waals surface area contributed by atoms with Crippen molar-refractivity contribution >= 4 is 11.8 Å². The van der Waals surface area contributed by atoms with E-state index in [0.717, 1.165) is 10.6 Å². The Kier molecular flexibility index (Phi) is 3.78. The van der Waals surface area contributed by atoms with Crippen LogP contribution in [0.25, 0.3) is 0 Å². The van der Waals surface area contributed by atoms with E-state index in [0.29, 0.717) is 10.9 Å². The van der Waals surface area contributed by atoms with E-state index in [9.17, 15) is 4.79 Å². The fourth-order valence-corrected chi connectivity index (χ4v) is 2.24. The highest BCUT2D eigenvalue weighted by Crippen LogP contribution is 2.23. The molecule has 1 atom stereocenters. The molecule has 3 N–H and O–H groups in total. The molecule has 0 spiro atoms. The Balaban J connectivity index is 2.20. The summed E-state index contributed by atoms with van der Waals surface area (Å²) in [5.41, 5.74) is 7.11. The van der Waals surface area contributed by atoms with Crippen LogP contribution in [-0.4, -0.2) is 15.0 Å². The van der Waals surface area contributed by atoms with Crippen molar-refractivity contribution in [2.45, 2.75) is 29.9 Å². The van der Waals surface area contributed by atoms with Crippen LogP contribution in [0.15, 0.2) is 39.2 Å². The quantitative estimate of drug-likeness (QED) is 0.821. The Bertz CT molecular complexity index is 592. The summed E-state index contributed by atoms with van der Waals surface area (Å²) in [5, 5.41) is 0.565. The summed E-state index contributed by atoms with van der Waals surface area (Å²) in [5.74, 6) is 0. The maximum atomic E-state index is 11.3. The second-order valence-corrected chi connectivity index (χ2v) is 5.06. The van der Waals surface area contributed by atoms with Crippen LogP contribution in [0.4, 0.5) is 0 Å². The molecule has 0 radical (unpaired) electrons. The van der Waals surface area contributed by atoms with Crippen LogP contribution < -0.4 is 11.3 Å². The lowest BCUT2D eigenvalue weighted by Gasteiger charge is -2.05. The Labute approximate surface area is 109 Å². The van der Waals surface area contributed by atoms with Gasteiger partial charge in [-0.1, -0.05) is 11.8 Å². The van der Waals surface area contributed by atoms with Gasteiger partial charge in [-0.2, -0.15) is 0 Å². The molecular formula is C12H14N4OS. The largest absolute Gasteiger partial charge is 0.323 e. The minimum absolute atomic E-state index is 0.0825. The molecule has 0 unspecified atom stereocenters. The summed E-state index contributed by atoms with van der Waals surface area (Å²) < 4.78 is 0. The number of aryl methyl sites for hydroxylation is 1. The monoisotopic (exact) mass is 262 g/mol. The molecule has 0 aliphatic rings. The van der Waals surface area contributed by atoms with E-state index in [-0.39, 0.29) is 11.6 Å². The zero-order valence-corrected chi connectivity index (χ0v) is 11.0. The number of pyridine rings is 1. The average Bonchev–Trinajstić information content (AvgIpc) is 2.28. The standard InChI is InChI=1S/C12H14N4OS/c1-7-5-11(17)16-12(15-7)18-9-3-4-10(8(2)13)14-6-9/h3-6,8H,13H2,1-2H3,(H,15,16,17)/t8-/m0/s1. The molecule has 5 nitrogen and oxygen atoms in total. The highest BCUT2D eigenvalue weighted by atomic mass is 32.2. The van der Waals surface area contributed by atoms with Crippen LogP contribution in [0.1, 0.15) is 24.4 Å². The summed E-state index contributed by atoms with van der Waals surface area (Å²) in [7, 11) is 0. The zero-order valence-electron chi connectivity index (χ0n) is 10.2. The van der Waals surface area contributed by atoms with Gasteiger partial charge in [0.05, 0.1) is 5.69 Å². The van der Waals surface area contributed by atoms with Gasteiger partial charge in [-0.05, 0) is 26.0 Å². The topological polar surface area (TPSA) is 84.7 Å². The fourth-order valence-electron chi connectivity index (χ4n) is 1.43. The van der Waals surface area contributed by atoms with Gasteiger partial charge in [-0.25, -0.2) is 4.98 Å². The minimum atomic E-state index is -0.148. The molecule has 2 rings (SSSR count). The Morgan fingerprint density at radius 1 is 1.44 bits per heavy atom. The van der Waals surface area contributed by atoms with Crippen molar-refractivity contribution < 1.29 is 0 Å². The predicted molar refractivity (Wildman–Crippen MR) is 70.6 cm³/mol. The van der Waals surface area contributed by atoms with Crippen LogP contribution in [-0.2, 0) is 0 Å². The first-order valence-electron chi connectivity index (χ1n) is 5.52. The number of nitrogens with one attached hydrogen (secondary N) is 1. The minimum Gasteiger partial charge on any atom is -0.323 e. The van der Waals surface area contributed by atoms with E-state index in [1.165, 1.54) is 17.8 Å². The molecule has 0 saturated carbocycles. The average molecular weight is 262 g/mol. The molecule has 0 fully saturated rings. The van der Waals surface area contributed by atoms with E-state index in [2.05, 4.69) is 15.0 Å². The number of aromatic amines is 1. The number of H-pyrrole nitrogens is 1. The molecule has 0 aliphatic carbocycles. The van der Waals surface area contributed by atoms with Gasteiger partial charge in [0.15, 0.2) is 5.16 Å². The first kappa shape index (κ1) is 12.8. The lowest BCUT2D eigenvalue weighted by molar-refractivity contribution is 0.777. The van der Waals surface area contributed by atoms with Crippen molar-refractivity contribution in [1.82, 2.24) is 15.0 Å². The summed E-state index contributed by atoms with van der Waals surface area (Å²) in [4.78, 5) is 23.4. The third-order valence-electron chi connectivity index (χ3n) is 2.29. The van der Waals surface area contributed by atoms with E-state index >= 15 is 0 Å². The van der Waals surface area contributed by atoms with Crippen LogP contribution in [0.5, 0.6) is 0 Å². The van der Waals surface area contributed by atoms with Crippen LogP contribution >= 0.6 is 11.8 Å². The smallest absolute Gasteiger partial charge is 0.251 e. The number of nitrogens with zero attached hydrogens (tertiary/aromatic N) is 2. The van der Waals surface area contributed by atoms with E-state index in [1.54, 1.807) is 13.1 Å². The first-order valence-corrected chi connectivity index (χ1v) is 6.33. The molecule has 2 aromatic heterocycles. The van der Waals surface area contributed by atoms with Crippen molar-refractivity contribution in [3.8, 4) is 0 Å². The van der Waals surface area contributed by atoms with Crippen LogP contribution in [0, 0.1) is 6.92 Å². The van der Waals surface area contributed by atoms with E-state index in [1.807, 2.05) is 19.1 Å². The summed E-state index contributed by atoms with van der Waals surface area (Å²) in [6, 6.07) is 5.17. The van der Waals surface area contributed by atoms with Crippen LogP contribution in [0.2, 0.25) is 0 Å². The van der Waals surface area contributed by atoms with Gasteiger partial charge in [-0.3, -0.25) is 9.78 Å². The highest BCUT2D eigenvalue weighted by molar-refractivity contribution is 7.99. The number of hydrogen-bond acceptors (Lipinski definition) is 5. The molecule has 0 amide bonds. The Morgan fingerprint density at radius 3 is 2.78 bits per heavy atom. The Hall–Kier alpha value is -1.66.